The van der Waals surface area contributed by atoms with Crippen LogP contribution in [0.5, 0.6) is 0 Å². The van der Waals surface area contributed by atoms with E-state index in [4.69, 9.17) is 4.74 Å². The SMILES string of the molecule is CC(C)(C)OC(=O)N1C[C@H]2C[C@H](Br)C[C@H]1C2. The molecule has 0 unspecified atom stereocenters. The van der Waals surface area contributed by atoms with Gasteiger partial charge in [0.2, 0.25) is 0 Å². The molecular weight excluding hydrogens is 270 g/mol. The van der Waals surface area contributed by atoms with E-state index in [0.717, 1.165) is 19.4 Å². The molecule has 16 heavy (non-hydrogen) atoms. The van der Waals surface area contributed by atoms with Crippen molar-refractivity contribution in [1.82, 2.24) is 4.90 Å². The van der Waals surface area contributed by atoms with Gasteiger partial charge in [-0.15, -0.1) is 0 Å². The molecule has 0 radical (unpaired) electrons. The lowest BCUT2D eigenvalue weighted by atomic mass is 9.90. The molecule has 3 atom stereocenters. The Morgan fingerprint density at radius 2 is 2.00 bits per heavy atom. The molecule has 1 aliphatic heterocycles. The number of hydrogen-bond acceptors (Lipinski definition) is 2. The van der Waals surface area contributed by atoms with E-state index < -0.39 is 0 Å². The number of halogens is 1. The summed E-state index contributed by atoms with van der Waals surface area (Å²) in [5.74, 6) is 0.663. The van der Waals surface area contributed by atoms with Gasteiger partial charge in [0.15, 0.2) is 0 Å². The highest BCUT2D eigenvalue weighted by atomic mass is 79.9. The predicted octanol–water partition coefficient (Wildman–Crippen LogP) is 3.17. The largest absolute Gasteiger partial charge is 0.444 e. The van der Waals surface area contributed by atoms with Crippen molar-refractivity contribution in [2.45, 2.75) is 56.5 Å². The fourth-order valence-electron chi connectivity index (χ4n) is 2.71. The fourth-order valence-corrected chi connectivity index (χ4v) is 3.67. The van der Waals surface area contributed by atoms with Gasteiger partial charge in [0.25, 0.3) is 0 Å². The van der Waals surface area contributed by atoms with Gasteiger partial charge < -0.3 is 9.64 Å². The molecule has 0 aromatic carbocycles. The summed E-state index contributed by atoms with van der Waals surface area (Å²) in [5.41, 5.74) is -0.387. The van der Waals surface area contributed by atoms with E-state index in [1.807, 2.05) is 25.7 Å². The minimum atomic E-state index is -0.387. The van der Waals surface area contributed by atoms with Gasteiger partial charge in [-0.05, 0) is 46.0 Å². The summed E-state index contributed by atoms with van der Waals surface area (Å²) in [7, 11) is 0. The zero-order valence-electron chi connectivity index (χ0n) is 10.2. The van der Waals surface area contributed by atoms with Crippen LogP contribution in [-0.2, 0) is 4.74 Å². The summed E-state index contributed by atoms with van der Waals surface area (Å²) < 4.78 is 5.44. The summed E-state index contributed by atoms with van der Waals surface area (Å²) in [6, 6.07) is 0.387. The average molecular weight is 290 g/mol. The molecule has 0 aromatic heterocycles. The van der Waals surface area contributed by atoms with Crippen LogP contribution >= 0.6 is 15.9 Å². The van der Waals surface area contributed by atoms with Crippen molar-refractivity contribution < 1.29 is 9.53 Å². The number of likely N-dealkylation sites (tertiary alicyclic amines) is 1. The van der Waals surface area contributed by atoms with Crippen molar-refractivity contribution in [2.75, 3.05) is 6.54 Å². The van der Waals surface area contributed by atoms with Crippen molar-refractivity contribution in [3.8, 4) is 0 Å². The zero-order chi connectivity index (χ0) is 11.9. The number of ether oxygens (including phenoxy) is 1. The third kappa shape index (κ3) is 2.70. The molecule has 92 valence electrons. The van der Waals surface area contributed by atoms with Crippen molar-refractivity contribution in [3.63, 3.8) is 0 Å². The Labute approximate surface area is 106 Å². The Kier molecular flexibility index (Phi) is 3.21. The molecule has 2 fully saturated rings. The topological polar surface area (TPSA) is 29.5 Å². The second-order valence-corrected chi connectivity index (χ2v) is 7.25. The van der Waals surface area contributed by atoms with Crippen molar-refractivity contribution in [2.24, 2.45) is 5.92 Å². The lowest BCUT2D eigenvalue weighted by Gasteiger charge is -2.29. The maximum atomic E-state index is 12.0. The maximum absolute atomic E-state index is 12.0. The van der Waals surface area contributed by atoms with Crippen LogP contribution < -0.4 is 0 Å². The number of carbonyl (C=O) groups is 1. The molecule has 3 nitrogen and oxygen atoms in total. The Morgan fingerprint density at radius 1 is 1.31 bits per heavy atom. The highest BCUT2D eigenvalue weighted by molar-refractivity contribution is 9.09. The number of hydrogen-bond donors (Lipinski definition) is 0. The smallest absolute Gasteiger partial charge is 0.410 e. The van der Waals surface area contributed by atoms with E-state index in [9.17, 15) is 4.79 Å². The van der Waals surface area contributed by atoms with Crippen LogP contribution in [0.2, 0.25) is 0 Å². The van der Waals surface area contributed by atoms with Crippen LogP contribution in [0.3, 0.4) is 0 Å². The first kappa shape index (κ1) is 12.2. The summed E-state index contributed by atoms with van der Waals surface area (Å²) in [4.78, 5) is 14.5. The van der Waals surface area contributed by atoms with Crippen LogP contribution in [0.4, 0.5) is 4.79 Å². The second-order valence-electron chi connectivity index (χ2n) is 5.96. The maximum Gasteiger partial charge on any atom is 0.410 e. The Morgan fingerprint density at radius 3 is 2.62 bits per heavy atom. The summed E-state index contributed by atoms with van der Waals surface area (Å²) >= 11 is 3.67. The van der Waals surface area contributed by atoms with Crippen LogP contribution in [0.25, 0.3) is 0 Å². The minimum absolute atomic E-state index is 0.137. The molecule has 1 saturated carbocycles. The zero-order valence-corrected chi connectivity index (χ0v) is 11.8. The van der Waals surface area contributed by atoms with E-state index in [0.29, 0.717) is 16.8 Å². The number of carbonyl (C=O) groups excluding carboxylic acids is 1. The molecule has 2 rings (SSSR count). The van der Waals surface area contributed by atoms with Gasteiger partial charge in [-0.3, -0.25) is 0 Å². The molecule has 0 spiro atoms. The second kappa shape index (κ2) is 4.21. The first-order valence-electron chi connectivity index (χ1n) is 5.99. The molecule has 0 N–H and O–H groups in total. The summed E-state index contributed by atoms with van der Waals surface area (Å²) in [6.07, 6.45) is 3.27. The van der Waals surface area contributed by atoms with Gasteiger partial charge in [0.1, 0.15) is 5.60 Å². The third-order valence-corrected chi connectivity index (χ3v) is 3.99. The van der Waals surface area contributed by atoms with E-state index in [-0.39, 0.29) is 11.7 Å². The Balaban J connectivity index is 1.98. The van der Waals surface area contributed by atoms with Crippen molar-refractivity contribution >= 4 is 22.0 Å². The molecule has 0 aromatic rings. The summed E-state index contributed by atoms with van der Waals surface area (Å²) in [5, 5.41) is 0. The average Bonchev–Trinajstić information content (AvgIpc) is 2.38. The highest BCUT2D eigenvalue weighted by Gasteiger charge is 2.42. The van der Waals surface area contributed by atoms with Crippen LogP contribution in [0.15, 0.2) is 0 Å². The quantitative estimate of drug-likeness (QED) is 0.641. The van der Waals surface area contributed by atoms with Gasteiger partial charge in [-0.25, -0.2) is 4.79 Å². The third-order valence-electron chi connectivity index (χ3n) is 3.25. The van der Waals surface area contributed by atoms with Gasteiger partial charge in [0, 0.05) is 17.4 Å². The van der Waals surface area contributed by atoms with Crippen molar-refractivity contribution in [1.29, 1.82) is 0 Å². The molecule has 1 saturated heterocycles. The minimum Gasteiger partial charge on any atom is -0.444 e. The number of fused-ring (bicyclic) bond motifs is 2. The highest BCUT2D eigenvalue weighted by Crippen LogP contribution is 2.38. The number of rotatable bonds is 0. The molecule has 1 heterocycles. The van der Waals surface area contributed by atoms with E-state index >= 15 is 0 Å². The van der Waals surface area contributed by atoms with Crippen LogP contribution in [0, 0.1) is 5.92 Å². The van der Waals surface area contributed by atoms with E-state index in [1.165, 1.54) is 6.42 Å². The first-order valence-corrected chi connectivity index (χ1v) is 6.90. The van der Waals surface area contributed by atoms with Gasteiger partial charge in [-0.2, -0.15) is 0 Å². The molecule has 1 aliphatic carbocycles. The van der Waals surface area contributed by atoms with Crippen LogP contribution in [0.1, 0.15) is 40.0 Å². The van der Waals surface area contributed by atoms with Crippen molar-refractivity contribution in [3.05, 3.63) is 0 Å². The first-order chi connectivity index (χ1) is 7.35. The lowest BCUT2D eigenvalue weighted by Crippen LogP contribution is -2.40. The number of amides is 1. The molecular formula is C12H20BrNO2. The standard InChI is InChI=1S/C12H20BrNO2/c1-12(2,3)16-11(15)14-7-8-4-9(13)6-10(14)5-8/h8-10H,4-7H2,1-3H3/t8-,9-,10+/m0/s1. The predicted molar refractivity (Wildman–Crippen MR) is 66.8 cm³/mol. The number of alkyl halides is 1. The Bertz CT molecular complexity index is 287. The van der Waals surface area contributed by atoms with Gasteiger partial charge in [-0.1, -0.05) is 15.9 Å². The van der Waals surface area contributed by atoms with E-state index in [2.05, 4.69) is 15.9 Å². The van der Waals surface area contributed by atoms with Gasteiger partial charge in [0.05, 0.1) is 0 Å². The van der Waals surface area contributed by atoms with E-state index in [1.54, 1.807) is 0 Å². The summed E-state index contributed by atoms with van der Waals surface area (Å²) in [6.45, 7) is 6.63. The van der Waals surface area contributed by atoms with Gasteiger partial charge >= 0.3 is 6.09 Å². The lowest BCUT2D eigenvalue weighted by molar-refractivity contribution is 0.0224. The molecule has 4 heteroatoms. The van der Waals surface area contributed by atoms with Crippen LogP contribution in [-0.4, -0.2) is 34.0 Å². The fraction of sp³-hybridized carbons (Fsp3) is 0.917. The molecule has 2 bridgehead atoms. The Hall–Kier alpha value is -0.250. The molecule has 1 amide bonds. The number of nitrogens with zero attached hydrogens (tertiary/aromatic N) is 1. The monoisotopic (exact) mass is 289 g/mol. The normalized spacial score (nSPS) is 34.0. The molecule has 2 aliphatic rings.